The largest absolute Gasteiger partial charge is 0.463 e. The topological polar surface area (TPSA) is 85.8 Å². The zero-order chi connectivity index (χ0) is 21.0. The van der Waals surface area contributed by atoms with Crippen molar-refractivity contribution in [2.24, 2.45) is 0 Å². The first kappa shape index (κ1) is 19.0. The summed E-state index contributed by atoms with van der Waals surface area (Å²) in [6.07, 6.45) is 5.05. The fraction of sp³-hybridized carbons (Fsp3) is 0.0435. The predicted molar refractivity (Wildman–Crippen MR) is 118 cm³/mol. The van der Waals surface area contributed by atoms with Crippen LogP contribution in [-0.2, 0) is 6.54 Å². The third-order valence-electron chi connectivity index (χ3n) is 4.64. The quantitative estimate of drug-likeness (QED) is 0.429. The molecular formula is C23H17N5O2S. The number of carbonyl (C=O) groups is 1. The first-order valence-electron chi connectivity index (χ1n) is 9.60. The molecule has 0 saturated carbocycles. The molecule has 152 valence electrons. The highest BCUT2D eigenvalue weighted by atomic mass is 32.1. The predicted octanol–water partition coefficient (Wildman–Crippen LogP) is 4.58. The van der Waals surface area contributed by atoms with E-state index in [4.69, 9.17) is 4.42 Å². The molecule has 4 heterocycles. The highest BCUT2D eigenvalue weighted by Gasteiger charge is 2.19. The van der Waals surface area contributed by atoms with Crippen molar-refractivity contribution in [3.63, 3.8) is 0 Å². The van der Waals surface area contributed by atoms with Gasteiger partial charge in [-0.15, -0.1) is 11.3 Å². The van der Waals surface area contributed by atoms with Crippen LogP contribution in [-0.4, -0.2) is 25.7 Å². The Morgan fingerprint density at radius 3 is 2.65 bits per heavy atom. The van der Waals surface area contributed by atoms with E-state index in [-0.39, 0.29) is 5.91 Å². The minimum absolute atomic E-state index is 0.241. The third-order valence-corrected chi connectivity index (χ3v) is 5.49. The van der Waals surface area contributed by atoms with E-state index in [9.17, 15) is 4.79 Å². The van der Waals surface area contributed by atoms with Crippen molar-refractivity contribution < 1.29 is 9.21 Å². The Hall–Kier alpha value is -4.04. The summed E-state index contributed by atoms with van der Waals surface area (Å²) >= 11 is 1.50. The lowest BCUT2D eigenvalue weighted by molar-refractivity contribution is 0.0943. The van der Waals surface area contributed by atoms with Gasteiger partial charge in [-0.1, -0.05) is 18.2 Å². The van der Waals surface area contributed by atoms with Crippen LogP contribution >= 0.6 is 11.3 Å². The summed E-state index contributed by atoms with van der Waals surface area (Å²) in [7, 11) is 0. The molecule has 0 unspecified atom stereocenters. The van der Waals surface area contributed by atoms with Gasteiger partial charge in [0.25, 0.3) is 5.91 Å². The molecule has 0 radical (unpaired) electrons. The molecule has 31 heavy (non-hydrogen) atoms. The van der Waals surface area contributed by atoms with Gasteiger partial charge in [0.2, 0.25) is 0 Å². The van der Waals surface area contributed by atoms with Crippen molar-refractivity contribution in [1.29, 1.82) is 0 Å². The maximum Gasteiger partial charge on any atom is 0.270 e. The van der Waals surface area contributed by atoms with Gasteiger partial charge in [-0.3, -0.25) is 9.78 Å². The van der Waals surface area contributed by atoms with E-state index in [1.807, 2.05) is 53.9 Å². The Balaban J connectivity index is 1.38. The normalized spacial score (nSPS) is 10.8. The number of benzene rings is 1. The molecule has 0 bridgehead atoms. The number of carbonyl (C=O) groups excluding carboxylic acids is 1. The number of thiazole rings is 1. The number of pyridine rings is 1. The number of nitrogens with zero attached hydrogens (tertiary/aromatic N) is 4. The summed E-state index contributed by atoms with van der Waals surface area (Å²) in [5, 5.41) is 10.3. The lowest BCUT2D eigenvalue weighted by Crippen LogP contribution is -2.25. The SMILES string of the molecule is O=C(NCc1nc(-c2ccncc2)cs1)c1cc(-c2ccco2)nn1-c1ccccc1. The second kappa shape index (κ2) is 8.37. The minimum atomic E-state index is -0.241. The summed E-state index contributed by atoms with van der Waals surface area (Å²) in [4.78, 5) is 21.7. The fourth-order valence-corrected chi connectivity index (χ4v) is 3.89. The molecule has 0 aliphatic carbocycles. The van der Waals surface area contributed by atoms with Gasteiger partial charge in [0, 0.05) is 29.4 Å². The lowest BCUT2D eigenvalue weighted by Gasteiger charge is -2.07. The average Bonchev–Trinajstić information content (AvgIpc) is 3.59. The minimum Gasteiger partial charge on any atom is -0.463 e. The first-order chi connectivity index (χ1) is 15.3. The summed E-state index contributed by atoms with van der Waals surface area (Å²) < 4.78 is 7.08. The maximum absolute atomic E-state index is 13.0. The molecule has 0 aliphatic heterocycles. The summed E-state index contributed by atoms with van der Waals surface area (Å²) in [5.74, 6) is 0.362. The summed E-state index contributed by atoms with van der Waals surface area (Å²) in [6, 6.07) is 18.7. The Morgan fingerprint density at radius 2 is 1.87 bits per heavy atom. The van der Waals surface area contributed by atoms with Crippen molar-refractivity contribution in [3.8, 4) is 28.4 Å². The van der Waals surface area contributed by atoms with Crippen molar-refractivity contribution in [3.05, 3.63) is 95.4 Å². The van der Waals surface area contributed by atoms with Gasteiger partial charge < -0.3 is 9.73 Å². The van der Waals surface area contributed by atoms with E-state index in [1.54, 1.807) is 35.5 Å². The molecule has 1 N–H and O–H groups in total. The van der Waals surface area contributed by atoms with Crippen molar-refractivity contribution in [1.82, 2.24) is 25.1 Å². The fourth-order valence-electron chi connectivity index (χ4n) is 3.15. The van der Waals surface area contributed by atoms with Gasteiger partial charge >= 0.3 is 0 Å². The molecule has 5 rings (SSSR count). The molecular weight excluding hydrogens is 410 g/mol. The molecule has 7 nitrogen and oxygen atoms in total. The second-order valence-electron chi connectivity index (χ2n) is 6.68. The molecule has 1 aromatic carbocycles. The Labute approximate surface area is 182 Å². The van der Waals surface area contributed by atoms with Gasteiger partial charge in [0.15, 0.2) is 5.76 Å². The van der Waals surface area contributed by atoms with E-state index in [0.29, 0.717) is 23.7 Å². The van der Waals surface area contributed by atoms with E-state index in [0.717, 1.165) is 22.0 Å². The smallest absolute Gasteiger partial charge is 0.270 e. The maximum atomic E-state index is 13.0. The lowest BCUT2D eigenvalue weighted by atomic mass is 10.2. The molecule has 0 atom stereocenters. The van der Waals surface area contributed by atoms with Crippen molar-refractivity contribution in [2.45, 2.75) is 6.54 Å². The third kappa shape index (κ3) is 4.01. The molecule has 0 saturated heterocycles. The van der Waals surface area contributed by atoms with E-state index in [1.165, 1.54) is 11.3 Å². The Kier molecular flexibility index (Phi) is 5.12. The number of rotatable bonds is 6. The number of aromatic nitrogens is 4. The Morgan fingerprint density at radius 1 is 1.03 bits per heavy atom. The van der Waals surface area contributed by atoms with Crippen molar-refractivity contribution in [2.75, 3.05) is 0 Å². The molecule has 0 fully saturated rings. The van der Waals surface area contributed by atoms with Gasteiger partial charge in [0.05, 0.1) is 24.2 Å². The van der Waals surface area contributed by atoms with Crippen LogP contribution in [0.15, 0.2) is 89.1 Å². The number of furan rings is 1. The molecule has 5 aromatic rings. The van der Waals surface area contributed by atoms with Gasteiger partial charge in [0.1, 0.15) is 16.4 Å². The highest BCUT2D eigenvalue weighted by molar-refractivity contribution is 7.09. The number of para-hydroxylation sites is 1. The zero-order valence-corrected chi connectivity index (χ0v) is 17.1. The number of hydrogen-bond acceptors (Lipinski definition) is 6. The van der Waals surface area contributed by atoms with Crippen LogP contribution in [0.1, 0.15) is 15.5 Å². The van der Waals surface area contributed by atoms with Crippen LogP contribution in [0.4, 0.5) is 0 Å². The molecule has 8 heteroatoms. The molecule has 1 amide bonds. The van der Waals surface area contributed by atoms with Crippen LogP contribution in [0.3, 0.4) is 0 Å². The summed E-state index contributed by atoms with van der Waals surface area (Å²) in [6.45, 7) is 0.324. The number of amides is 1. The number of hydrogen-bond donors (Lipinski definition) is 1. The van der Waals surface area contributed by atoms with Crippen LogP contribution in [0.2, 0.25) is 0 Å². The van der Waals surface area contributed by atoms with E-state index >= 15 is 0 Å². The average molecular weight is 427 g/mol. The second-order valence-corrected chi connectivity index (χ2v) is 7.63. The van der Waals surface area contributed by atoms with Gasteiger partial charge in [-0.2, -0.15) is 5.10 Å². The van der Waals surface area contributed by atoms with Crippen LogP contribution in [0.5, 0.6) is 0 Å². The molecule has 0 aliphatic rings. The monoisotopic (exact) mass is 427 g/mol. The standard InChI is InChI=1S/C23H17N5O2S/c29-23(25-14-22-26-19(15-31-22)16-8-10-24-11-9-16)20-13-18(21-7-4-12-30-21)27-28(20)17-5-2-1-3-6-17/h1-13,15H,14H2,(H,25,29). The van der Waals surface area contributed by atoms with Crippen LogP contribution in [0, 0.1) is 0 Å². The number of nitrogens with one attached hydrogen (secondary N) is 1. The zero-order valence-electron chi connectivity index (χ0n) is 16.3. The van der Waals surface area contributed by atoms with Crippen LogP contribution < -0.4 is 5.32 Å². The van der Waals surface area contributed by atoms with Crippen LogP contribution in [0.25, 0.3) is 28.4 Å². The van der Waals surface area contributed by atoms with E-state index < -0.39 is 0 Å². The molecule has 0 spiro atoms. The Bertz CT molecular complexity index is 1290. The van der Waals surface area contributed by atoms with Crippen molar-refractivity contribution >= 4 is 17.2 Å². The summed E-state index contributed by atoms with van der Waals surface area (Å²) in [5.41, 5.74) is 3.66. The van der Waals surface area contributed by atoms with Gasteiger partial charge in [-0.05, 0) is 36.4 Å². The van der Waals surface area contributed by atoms with E-state index in [2.05, 4.69) is 20.4 Å². The highest BCUT2D eigenvalue weighted by Crippen LogP contribution is 2.23. The molecule has 4 aromatic heterocycles. The first-order valence-corrected chi connectivity index (χ1v) is 10.5. The van der Waals surface area contributed by atoms with Gasteiger partial charge in [-0.25, -0.2) is 9.67 Å².